The molecule has 0 amide bonds. The van der Waals surface area contributed by atoms with Gasteiger partial charge in [-0.25, -0.2) is 19.9 Å². The Balaban J connectivity index is 0.000000126. The third-order valence-electron chi connectivity index (χ3n) is 12.6. The first kappa shape index (κ1) is 32.1. The summed E-state index contributed by atoms with van der Waals surface area (Å²) in [6.45, 7) is 7.15. The number of hydrogen-bond donors (Lipinski definition) is 0. The molecule has 2 saturated heterocycles. The first-order valence-corrected chi connectivity index (χ1v) is 20.0. The van der Waals surface area contributed by atoms with Gasteiger partial charge in [0, 0.05) is 88.3 Å². The van der Waals surface area contributed by atoms with E-state index in [2.05, 4.69) is 111 Å². The molecule has 4 aliphatic heterocycles. The minimum Gasteiger partial charge on any atom is -0.328 e. The summed E-state index contributed by atoms with van der Waals surface area (Å²) in [5.74, 6) is 2.53. The Kier molecular flexibility index (Phi) is 7.86. The summed E-state index contributed by atoms with van der Waals surface area (Å²) < 4.78 is 9.07. The highest BCUT2D eigenvalue weighted by molar-refractivity contribution is 5.84. The van der Waals surface area contributed by atoms with Gasteiger partial charge in [-0.3, -0.25) is 9.80 Å². The summed E-state index contributed by atoms with van der Waals surface area (Å²) in [4.78, 5) is 24.2. The average Bonchev–Trinajstić information content (AvgIpc) is 4.05. The van der Waals surface area contributed by atoms with Crippen LogP contribution in [0.2, 0.25) is 0 Å². The van der Waals surface area contributed by atoms with E-state index in [0.29, 0.717) is 12.1 Å². The number of aromatic nitrogens is 8. The number of fused-ring (bicyclic) bond motifs is 10. The van der Waals surface area contributed by atoms with Crippen molar-refractivity contribution in [3.63, 3.8) is 0 Å². The van der Waals surface area contributed by atoms with Crippen molar-refractivity contribution in [2.24, 2.45) is 0 Å². The highest BCUT2D eigenvalue weighted by Crippen LogP contribution is 2.31. The quantitative estimate of drug-likeness (QED) is 0.185. The minimum atomic E-state index is 0.684. The van der Waals surface area contributed by atoms with Crippen LogP contribution < -0.4 is 0 Å². The molecule has 272 valence electrons. The molecule has 0 radical (unpaired) electrons. The van der Waals surface area contributed by atoms with Crippen LogP contribution >= 0.6 is 0 Å². The Morgan fingerprint density at radius 3 is 1.44 bits per heavy atom. The lowest BCUT2D eigenvalue weighted by Crippen LogP contribution is -2.35. The molecule has 0 N–H and O–H groups in total. The zero-order valence-corrected chi connectivity index (χ0v) is 30.8. The van der Waals surface area contributed by atoms with Gasteiger partial charge in [-0.15, -0.1) is 0 Å². The van der Waals surface area contributed by atoms with Gasteiger partial charge in [-0.1, -0.05) is 12.1 Å². The van der Waals surface area contributed by atoms with Gasteiger partial charge in [0.2, 0.25) is 0 Å². The van der Waals surface area contributed by atoms with E-state index in [4.69, 9.17) is 9.97 Å². The van der Waals surface area contributed by atoms with Gasteiger partial charge in [0.1, 0.15) is 22.9 Å². The molecular formula is C44H46N10. The van der Waals surface area contributed by atoms with Crippen molar-refractivity contribution in [1.82, 2.24) is 47.7 Å². The summed E-state index contributed by atoms with van der Waals surface area (Å²) in [5, 5.41) is 0. The van der Waals surface area contributed by atoms with E-state index in [-0.39, 0.29) is 0 Å². The summed E-state index contributed by atoms with van der Waals surface area (Å²) in [5.41, 5.74) is 11.6. The molecule has 12 rings (SSSR count). The van der Waals surface area contributed by atoms with Gasteiger partial charge < -0.3 is 17.9 Å². The van der Waals surface area contributed by atoms with E-state index in [1.165, 1.54) is 110 Å². The smallest absolute Gasteiger partial charge is 0.136 e. The SMILES string of the molecule is c1cn2cc(-c3ccc4c(c3)nc3n4CCCN4CCC[C@@H]4C3)ccc2n1.c1cn2cc(-c3ccc4c(c3)nc3n4CCCN4CCC[C@H]4C3)ccc2n1. The summed E-state index contributed by atoms with van der Waals surface area (Å²) >= 11 is 0. The fourth-order valence-corrected chi connectivity index (χ4v) is 9.84. The van der Waals surface area contributed by atoms with Crippen molar-refractivity contribution in [3.05, 3.63) is 109 Å². The average molecular weight is 715 g/mol. The lowest BCUT2D eigenvalue weighted by atomic mass is 10.1. The van der Waals surface area contributed by atoms with E-state index in [9.17, 15) is 0 Å². The van der Waals surface area contributed by atoms with Crippen molar-refractivity contribution in [2.45, 2.75) is 76.5 Å². The third kappa shape index (κ3) is 5.70. The van der Waals surface area contributed by atoms with Crippen LogP contribution in [-0.2, 0) is 25.9 Å². The molecule has 10 nitrogen and oxygen atoms in total. The predicted molar refractivity (Wildman–Crippen MR) is 214 cm³/mol. The summed E-state index contributed by atoms with van der Waals surface area (Å²) in [6.07, 6.45) is 21.9. The first-order chi connectivity index (χ1) is 26.7. The molecule has 6 aromatic heterocycles. The molecule has 0 bridgehead atoms. The van der Waals surface area contributed by atoms with Crippen LogP contribution in [0.25, 0.3) is 55.6 Å². The topological polar surface area (TPSA) is 76.7 Å². The standard InChI is InChI=1S/2C22H23N5/c2*1-3-18-14-22-24-19-13-16(17-5-7-21-23-8-12-26(21)15-17)4-6-20(19)27(22)11-2-10-25(18)9-1/h2*4-8,12-13,15,18H,1-3,9-11,14H2/t2*18-/m10/s1. The molecule has 2 atom stereocenters. The van der Waals surface area contributed by atoms with Crippen molar-refractivity contribution in [1.29, 1.82) is 0 Å². The summed E-state index contributed by atoms with van der Waals surface area (Å²) in [7, 11) is 0. The number of pyridine rings is 2. The number of imidazole rings is 4. The molecule has 2 fully saturated rings. The highest BCUT2D eigenvalue weighted by Gasteiger charge is 2.29. The minimum absolute atomic E-state index is 0.684. The van der Waals surface area contributed by atoms with Gasteiger partial charge in [0.05, 0.1) is 22.1 Å². The van der Waals surface area contributed by atoms with Crippen LogP contribution in [0, 0.1) is 0 Å². The summed E-state index contributed by atoms with van der Waals surface area (Å²) in [6, 6.07) is 23.3. The fraction of sp³-hybridized carbons (Fsp3) is 0.364. The van der Waals surface area contributed by atoms with Gasteiger partial charge in [-0.05, 0) is 122 Å². The lowest BCUT2D eigenvalue weighted by molar-refractivity contribution is 0.231. The monoisotopic (exact) mass is 714 g/mol. The lowest BCUT2D eigenvalue weighted by Gasteiger charge is -2.27. The van der Waals surface area contributed by atoms with Crippen LogP contribution in [0.3, 0.4) is 0 Å². The Morgan fingerprint density at radius 1 is 0.481 bits per heavy atom. The van der Waals surface area contributed by atoms with Crippen LogP contribution in [-0.4, -0.2) is 85.9 Å². The van der Waals surface area contributed by atoms with Gasteiger partial charge in [-0.2, -0.15) is 0 Å². The van der Waals surface area contributed by atoms with E-state index < -0.39 is 0 Å². The fourth-order valence-electron chi connectivity index (χ4n) is 9.84. The number of hydrogen-bond acceptors (Lipinski definition) is 6. The second-order valence-electron chi connectivity index (χ2n) is 15.8. The normalized spacial score (nSPS) is 20.5. The van der Waals surface area contributed by atoms with E-state index in [1.54, 1.807) is 0 Å². The second kappa shape index (κ2) is 13.2. The van der Waals surface area contributed by atoms with Crippen molar-refractivity contribution < 1.29 is 0 Å². The number of benzene rings is 2. The molecule has 54 heavy (non-hydrogen) atoms. The first-order valence-electron chi connectivity index (χ1n) is 20.0. The highest BCUT2D eigenvalue weighted by atomic mass is 15.2. The molecule has 0 unspecified atom stereocenters. The molecule has 0 aliphatic carbocycles. The molecule has 10 heteroatoms. The second-order valence-corrected chi connectivity index (χ2v) is 15.8. The Hall–Kier alpha value is -5.32. The molecule has 0 spiro atoms. The Labute approximate surface area is 314 Å². The maximum absolute atomic E-state index is 5.07. The molecule has 4 aliphatic rings. The Bertz CT molecular complexity index is 2460. The zero-order chi connectivity index (χ0) is 35.6. The molecule has 10 heterocycles. The van der Waals surface area contributed by atoms with Crippen LogP contribution in [0.4, 0.5) is 0 Å². The van der Waals surface area contributed by atoms with Gasteiger partial charge in [0.15, 0.2) is 0 Å². The number of nitrogens with zero attached hydrogens (tertiary/aromatic N) is 10. The number of aryl methyl sites for hydroxylation is 2. The van der Waals surface area contributed by atoms with Gasteiger partial charge >= 0.3 is 0 Å². The number of rotatable bonds is 2. The molecule has 8 aromatic rings. The maximum atomic E-state index is 5.07. The van der Waals surface area contributed by atoms with Crippen LogP contribution in [0.15, 0.2) is 97.8 Å². The molecular weight excluding hydrogens is 669 g/mol. The van der Waals surface area contributed by atoms with Crippen LogP contribution in [0.1, 0.15) is 50.2 Å². The van der Waals surface area contributed by atoms with Crippen molar-refractivity contribution in [2.75, 3.05) is 26.2 Å². The van der Waals surface area contributed by atoms with Crippen molar-refractivity contribution >= 4 is 33.4 Å². The van der Waals surface area contributed by atoms with Crippen molar-refractivity contribution in [3.8, 4) is 22.3 Å². The van der Waals surface area contributed by atoms with Crippen LogP contribution in [0.5, 0.6) is 0 Å². The third-order valence-corrected chi connectivity index (χ3v) is 12.6. The molecule has 2 aromatic carbocycles. The predicted octanol–water partition coefficient (Wildman–Crippen LogP) is 7.52. The van der Waals surface area contributed by atoms with Gasteiger partial charge in [0.25, 0.3) is 0 Å². The maximum Gasteiger partial charge on any atom is 0.136 e. The van der Waals surface area contributed by atoms with E-state index >= 15 is 0 Å². The van der Waals surface area contributed by atoms with E-state index in [0.717, 1.165) is 48.3 Å². The largest absolute Gasteiger partial charge is 0.328 e. The Morgan fingerprint density at radius 2 is 0.944 bits per heavy atom. The van der Waals surface area contributed by atoms with E-state index in [1.807, 2.05) is 24.8 Å². The molecule has 0 saturated carbocycles. The zero-order valence-electron chi connectivity index (χ0n) is 30.8.